The molecule has 0 aliphatic carbocycles. The first kappa shape index (κ1) is 24.5. The highest BCUT2D eigenvalue weighted by Crippen LogP contribution is 2.31. The lowest BCUT2D eigenvalue weighted by molar-refractivity contribution is 0.0303. The third-order valence-electron chi connectivity index (χ3n) is 6.85. The Kier molecular flexibility index (Phi) is 6.66. The minimum Gasteiger partial charge on any atom is -0.378 e. The van der Waals surface area contributed by atoms with E-state index >= 15 is 0 Å². The van der Waals surface area contributed by atoms with Crippen molar-refractivity contribution in [3.8, 4) is 11.3 Å². The van der Waals surface area contributed by atoms with Crippen molar-refractivity contribution in [3.63, 3.8) is 0 Å². The number of nitrogens with one attached hydrogen (secondary N) is 1. The van der Waals surface area contributed by atoms with Gasteiger partial charge in [0, 0.05) is 69.0 Å². The summed E-state index contributed by atoms with van der Waals surface area (Å²) < 4.78 is 6.81. The van der Waals surface area contributed by atoms with E-state index in [-0.39, 0.29) is 23.3 Å². The average molecular weight is 503 g/mol. The molecule has 0 radical (unpaired) electrons. The fourth-order valence-corrected chi connectivity index (χ4v) is 4.66. The number of ether oxygens (including phenoxy) is 1. The first-order chi connectivity index (χ1) is 17.8. The maximum absolute atomic E-state index is 12.9. The number of hydrogen-bond donors (Lipinski definition) is 1. The van der Waals surface area contributed by atoms with E-state index in [0.29, 0.717) is 56.3 Å². The molecular weight excluding hydrogens is 472 g/mol. The minimum atomic E-state index is -0.276. The van der Waals surface area contributed by atoms with Crippen LogP contribution < -0.4 is 15.8 Å². The van der Waals surface area contributed by atoms with Gasteiger partial charge in [-0.2, -0.15) is 0 Å². The summed E-state index contributed by atoms with van der Waals surface area (Å²) in [7, 11) is 3.47. The van der Waals surface area contributed by atoms with Crippen LogP contribution in [0.25, 0.3) is 11.3 Å². The molecule has 0 unspecified atom stereocenters. The number of likely N-dealkylation sites (N-methyl/N-ethyl adjacent to an activating group) is 1. The molecule has 1 aromatic heterocycles. The lowest BCUT2D eigenvalue weighted by Gasteiger charge is -2.26. The second-order valence-corrected chi connectivity index (χ2v) is 9.30. The van der Waals surface area contributed by atoms with Crippen LogP contribution in [-0.4, -0.2) is 77.7 Å². The molecule has 37 heavy (non-hydrogen) atoms. The van der Waals surface area contributed by atoms with Gasteiger partial charge in [-0.25, -0.2) is 9.78 Å². The second-order valence-electron chi connectivity index (χ2n) is 9.30. The smallest absolute Gasteiger partial charge is 0.324 e. The fraction of sp³-hybridized carbons (Fsp3) is 0.333. The first-order valence-corrected chi connectivity index (χ1v) is 12.3. The third kappa shape index (κ3) is 4.79. The van der Waals surface area contributed by atoms with E-state index in [1.54, 1.807) is 59.3 Å². The number of aryl methyl sites for hydroxylation is 1. The largest absolute Gasteiger partial charge is 0.378 e. The molecule has 1 N–H and O–H groups in total. The van der Waals surface area contributed by atoms with Gasteiger partial charge in [-0.1, -0.05) is 12.1 Å². The normalized spacial score (nSPS) is 15.9. The van der Waals surface area contributed by atoms with E-state index in [0.717, 1.165) is 16.8 Å². The standard InChI is InChI=1S/C27H30N6O4/c1-18-21(5-4-6-23(18)33-12-11-30(2)27(33)36)22-17-31(3)26(35)24(29-22)28-20-9-7-19(8-10-20)25(34)32-13-15-37-16-14-32/h4-10,17H,11-16H2,1-3H3,(H,28,29). The van der Waals surface area contributed by atoms with E-state index in [1.807, 2.05) is 25.1 Å². The average Bonchev–Trinajstić information content (AvgIpc) is 3.25. The summed E-state index contributed by atoms with van der Waals surface area (Å²) >= 11 is 0. The zero-order valence-corrected chi connectivity index (χ0v) is 21.2. The Bertz CT molecular complexity index is 1390. The molecule has 5 rings (SSSR count). The van der Waals surface area contributed by atoms with Crippen LogP contribution in [0.1, 0.15) is 15.9 Å². The van der Waals surface area contributed by atoms with Gasteiger partial charge in [0.2, 0.25) is 0 Å². The summed E-state index contributed by atoms with van der Waals surface area (Å²) in [6.45, 7) is 5.50. The van der Waals surface area contributed by atoms with Crippen LogP contribution >= 0.6 is 0 Å². The molecule has 0 spiro atoms. The molecule has 10 nitrogen and oxygen atoms in total. The first-order valence-electron chi connectivity index (χ1n) is 12.3. The Hall–Kier alpha value is -4.18. The van der Waals surface area contributed by atoms with Gasteiger partial charge in [0.25, 0.3) is 11.5 Å². The summed E-state index contributed by atoms with van der Waals surface area (Å²) in [5, 5.41) is 3.11. The summed E-state index contributed by atoms with van der Waals surface area (Å²) in [6.07, 6.45) is 1.70. The molecule has 2 aliphatic heterocycles. The second kappa shape index (κ2) is 10.1. The Morgan fingerprint density at radius 3 is 2.38 bits per heavy atom. The Labute approximate surface area is 215 Å². The van der Waals surface area contributed by atoms with E-state index in [9.17, 15) is 14.4 Å². The SMILES string of the molecule is Cc1c(-c2cn(C)c(=O)c(Nc3ccc(C(=O)N4CCOCC4)cc3)n2)cccc1N1CCN(C)C1=O. The summed E-state index contributed by atoms with van der Waals surface area (Å²) in [5.41, 5.74) is 4.15. The lowest BCUT2D eigenvalue weighted by Crippen LogP contribution is -2.40. The van der Waals surface area contributed by atoms with Gasteiger partial charge in [0.1, 0.15) is 0 Å². The zero-order chi connectivity index (χ0) is 26.1. The molecular formula is C27H30N6O4. The number of aromatic nitrogens is 2. The van der Waals surface area contributed by atoms with Crippen LogP contribution in [0.15, 0.2) is 53.5 Å². The Morgan fingerprint density at radius 1 is 0.973 bits per heavy atom. The van der Waals surface area contributed by atoms with E-state index in [1.165, 1.54) is 4.57 Å². The predicted molar refractivity (Wildman–Crippen MR) is 141 cm³/mol. The number of rotatable bonds is 5. The monoisotopic (exact) mass is 502 g/mol. The highest BCUT2D eigenvalue weighted by atomic mass is 16.5. The van der Waals surface area contributed by atoms with E-state index in [4.69, 9.17) is 4.74 Å². The molecule has 10 heteroatoms. The van der Waals surface area contributed by atoms with E-state index < -0.39 is 0 Å². The summed E-state index contributed by atoms with van der Waals surface area (Å²) in [6, 6.07) is 12.7. The molecule has 0 atom stereocenters. The molecule has 2 saturated heterocycles. The highest BCUT2D eigenvalue weighted by Gasteiger charge is 2.28. The molecule has 2 aliphatic rings. The van der Waals surface area contributed by atoms with E-state index in [2.05, 4.69) is 10.3 Å². The molecule has 2 fully saturated rings. The van der Waals surface area contributed by atoms with Crippen molar-refractivity contribution in [1.29, 1.82) is 0 Å². The number of morpholine rings is 1. The lowest BCUT2D eigenvalue weighted by atomic mass is 10.0. The molecule has 3 amide bonds. The zero-order valence-electron chi connectivity index (χ0n) is 21.2. The topological polar surface area (TPSA) is 100 Å². The number of carbonyl (C=O) groups excluding carboxylic acids is 2. The van der Waals surface area contributed by atoms with Crippen LogP contribution in [0, 0.1) is 6.92 Å². The van der Waals surface area contributed by atoms with Crippen LogP contribution in [0.2, 0.25) is 0 Å². The third-order valence-corrected chi connectivity index (χ3v) is 6.85. The number of hydrogen-bond acceptors (Lipinski definition) is 6. The van der Waals surface area contributed by atoms with Gasteiger partial charge in [-0.05, 0) is 42.8 Å². The summed E-state index contributed by atoms with van der Waals surface area (Å²) in [4.78, 5) is 48.1. The molecule has 3 aromatic rings. The van der Waals surface area contributed by atoms with Gasteiger partial charge >= 0.3 is 6.03 Å². The highest BCUT2D eigenvalue weighted by molar-refractivity contribution is 5.96. The van der Waals surface area contributed by atoms with Crippen LogP contribution in [0.4, 0.5) is 22.0 Å². The molecule has 0 bridgehead atoms. The van der Waals surface area contributed by atoms with Crippen LogP contribution in [-0.2, 0) is 11.8 Å². The number of amides is 3. The summed E-state index contributed by atoms with van der Waals surface area (Å²) in [5.74, 6) is 0.137. The molecule has 3 heterocycles. The van der Waals surface area contributed by atoms with Gasteiger partial charge in [0.15, 0.2) is 5.82 Å². The van der Waals surface area contributed by atoms with Crippen molar-refractivity contribution in [2.45, 2.75) is 6.92 Å². The minimum absolute atomic E-state index is 0.0356. The number of nitrogens with zero attached hydrogens (tertiary/aromatic N) is 5. The number of carbonyl (C=O) groups is 2. The number of benzene rings is 2. The van der Waals surface area contributed by atoms with Crippen LogP contribution in [0.3, 0.4) is 0 Å². The van der Waals surface area contributed by atoms with Crippen molar-refractivity contribution < 1.29 is 14.3 Å². The molecule has 192 valence electrons. The van der Waals surface area contributed by atoms with Gasteiger partial charge < -0.3 is 24.4 Å². The van der Waals surface area contributed by atoms with Crippen LogP contribution in [0.5, 0.6) is 0 Å². The van der Waals surface area contributed by atoms with Crippen molar-refractivity contribution in [2.24, 2.45) is 7.05 Å². The van der Waals surface area contributed by atoms with Crippen molar-refractivity contribution in [3.05, 3.63) is 70.1 Å². The molecule has 2 aromatic carbocycles. The molecule has 0 saturated carbocycles. The fourth-order valence-electron chi connectivity index (χ4n) is 4.66. The number of urea groups is 1. The van der Waals surface area contributed by atoms with Crippen molar-refractivity contribution >= 4 is 29.1 Å². The van der Waals surface area contributed by atoms with Gasteiger partial charge in [0.05, 0.1) is 18.9 Å². The van der Waals surface area contributed by atoms with Gasteiger partial charge in [-0.15, -0.1) is 0 Å². The Morgan fingerprint density at radius 2 is 1.70 bits per heavy atom. The van der Waals surface area contributed by atoms with Crippen molar-refractivity contribution in [1.82, 2.24) is 19.4 Å². The quantitative estimate of drug-likeness (QED) is 0.576. The maximum Gasteiger partial charge on any atom is 0.324 e. The van der Waals surface area contributed by atoms with Gasteiger partial charge in [-0.3, -0.25) is 14.5 Å². The Balaban J connectivity index is 1.41. The van der Waals surface area contributed by atoms with Crippen molar-refractivity contribution in [2.75, 3.05) is 56.7 Å². The maximum atomic E-state index is 12.9. The number of anilines is 3. The predicted octanol–water partition coefficient (Wildman–Crippen LogP) is 2.84.